The lowest BCUT2D eigenvalue weighted by Crippen LogP contribution is -2.11. The van der Waals surface area contributed by atoms with E-state index in [1.165, 1.54) is 6.08 Å². The van der Waals surface area contributed by atoms with Crippen LogP contribution in [-0.4, -0.2) is 11.9 Å². The molecule has 1 unspecified atom stereocenters. The summed E-state index contributed by atoms with van der Waals surface area (Å²) >= 11 is 0. The molecule has 0 aliphatic carbocycles. The van der Waals surface area contributed by atoms with Crippen molar-refractivity contribution >= 4 is 29.4 Å². The van der Waals surface area contributed by atoms with Crippen LogP contribution in [0.15, 0.2) is 78.9 Å². The third-order valence-electron chi connectivity index (χ3n) is 4.60. The Bertz CT molecular complexity index is 1060. The fourth-order valence-electron chi connectivity index (χ4n) is 2.86. The van der Waals surface area contributed by atoms with Gasteiger partial charge >= 0.3 is 11.9 Å². The number of rotatable bonds is 7. The van der Waals surface area contributed by atoms with Gasteiger partial charge < -0.3 is 20.9 Å². The molecular formula is C25H24N2O4. The van der Waals surface area contributed by atoms with E-state index in [9.17, 15) is 9.59 Å². The zero-order valence-corrected chi connectivity index (χ0v) is 17.2. The second-order valence-corrected chi connectivity index (χ2v) is 7.14. The van der Waals surface area contributed by atoms with Crippen LogP contribution in [0.2, 0.25) is 0 Å². The van der Waals surface area contributed by atoms with Crippen molar-refractivity contribution in [1.29, 1.82) is 0 Å². The van der Waals surface area contributed by atoms with E-state index in [4.69, 9.17) is 20.9 Å². The minimum Gasteiger partial charge on any atom is -0.427 e. The average Bonchev–Trinajstić information content (AvgIpc) is 2.76. The number of carbonyl (C=O) groups excluding carboxylic acids is 2. The van der Waals surface area contributed by atoms with E-state index in [-0.39, 0.29) is 18.3 Å². The highest BCUT2D eigenvalue weighted by atomic mass is 16.5. The summed E-state index contributed by atoms with van der Waals surface area (Å²) in [6.45, 7) is 1.96. The van der Waals surface area contributed by atoms with E-state index in [0.717, 1.165) is 11.1 Å². The fraction of sp³-hybridized carbons (Fsp3) is 0.120. The molecule has 4 N–H and O–H groups in total. The Morgan fingerprint density at radius 1 is 0.806 bits per heavy atom. The molecule has 0 saturated carbocycles. The number of ether oxygens (including phenoxy) is 2. The number of hydrogen-bond donors (Lipinski definition) is 2. The quantitative estimate of drug-likeness (QED) is 0.253. The molecule has 0 aromatic heterocycles. The van der Waals surface area contributed by atoms with Gasteiger partial charge in [0.2, 0.25) is 0 Å². The molecule has 0 fully saturated rings. The Hall–Kier alpha value is -4.06. The Balaban J connectivity index is 1.51. The first kappa shape index (κ1) is 21.6. The summed E-state index contributed by atoms with van der Waals surface area (Å²) in [7, 11) is 0. The second-order valence-electron chi connectivity index (χ2n) is 7.14. The molecule has 6 nitrogen and oxygen atoms in total. The molecule has 0 saturated heterocycles. The zero-order valence-electron chi connectivity index (χ0n) is 17.2. The lowest BCUT2D eigenvalue weighted by Gasteiger charge is -2.12. The predicted octanol–water partition coefficient (Wildman–Crippen LogP) is 4.57. The van der Waals surface area contributed by atoms with Crippen molar-refractivity contribution in [3.05, 3.63) is 90.0 Å². The monoisotopic (exact) mass is 416 g/mol. The number of anilines is 2. The van der Waals surface area contributed by atoms with Crippen LogP contribution in [0.4, 0.5) is 11.4 Å². The smallest absolute Gasteiger partial charge is 0.336 e. The van der Waals surface area contributed by atoms with Crippen molar-refractivity contribution in [3.63, 3.8) is 0 Å². The lowest BCUT2D eigenvalue weighted by molar-refractivity contribution is -0.134. The van der Waals surface area contributed by atoms with E-state index < -0.39 is 5.97 Å². The van der Waals surface area contributed by atoms with Gasteiger partial charge in [0.1, 0.15) is 11.5 Å². The third kappa shape index (κ3) is 6.75. The first-order chi connectivity index (χ1) is 14.9. The van der Waals surface area contributed by atoms with Gasteiger partial charge in [-0.25, -0.2) is 4.79 Å². The van der Waals surface area contributed by atoms with Crippen molar-refractivity contribution in [2.45, 2.75) is 19.3 Å². The van der Waals surface area contributed by atoms with Gasteiger partial charge in [0.25, 0.3) is 0 Å². The van der Waals surface area contributed by atoms with Gasteiger partial charge in [-0.15, -0.1) is 0 Å². The van der Waals surface area contributed by atoms with Crippen LogP contribution in [0, 0.1) is 0 Å². The molecule has 3 rings (SSSR count). The summed E-state index contributed by atoms with van der Waals surface area (Å²) in [5.74, 6) is 0.0886. The van der Waals surface area contributed by atoms with Crippen LogP contribution in [-0.2, 0) is 9.59 Å². The van der Waals surface area contributed by atoms with Gasteiger partial charge in [-0.3, -0.25) is 4.79 Å². The highest BCUT2D eigenvalue weighted by Crippen LogP contribution is 2.22. The Morgan fingerprint density at radius 2 is 1.32 bits per heavy atom. The SMILES string of the molecule is CC(CC(=O)Oc1ccc(N)cc1)c1ccc(/C=C/C(=O)Oc2ccc(N)cc2)cc1. The molecule has 3 aromatic rings. The number of nitrogens with two attached hydrogens (primary N) is 2. The van der Waals surface area contributed by atoms with Crippen molar-refractivity contribution in [1.82, 2.24) is 0 Å². The van der Waals surface area contributed by atoms with Gasteiger partial charge in [0, 0.05) is 17.5 Å². The lowest BCUT2D eigenvalue weighted by atomic mass is 9.97. The molecule has 31 heavy (non-hydrogen) atoms. The minimum atomic E-state index is -0.479. The zero-order chi connectivity index (χ0) is 22.2. The van der Waals surface area contributed by atoms with E-state index in [1.54, 1.807) is 54.6 Å². The number of carbonyl (C=O) groups is 2. The largest absolute Gasteiger partial charge is 0.427 e. The molecule has 0 aliphatic rings. The predicted molar refractivity (Wildman–Crippen MR) is 121 cm³/mol. The van der Waals surface area contributed by atoms with Crippen molar-refractivity contribution in [3.8, 4) is 11.5 Å². The van der Waals surface area contributed by atoms with E-state index in [2.05, 4.69) is 0 Å². The van der Waals surface area contributed by atoms with Gasteiger partial charge in [-0.1, -0.05) is 31.2 Å². The maximum absolute atomic E-state index is 12.2. The molecule has 0 bridgehead atoms. The highest BCUT2D eigenvalue weighted by Gasteiger charge is 2.13. The molecule has 3 aromatic carbocycles. The number of esters is 2. The van der Waals surface area contributed by atoms with Crippen molar-refractivity contribution in [2.75, 3.05) is 11.5 Å². The van der Waals surface area contributed by atoms with E-state index >= 15 is 0 Å². The molecule has 0 radical (unpaired) electrons. The maximum Gasteiger partial charge on any atom is 0.336 e. The van der Waals surface area contributed by atoms with Crippen LogP contribution < -0.4 is 20.9 Å². The average molecular weight is 416 g/mol. The molecular weight excluding hydrogens is 392 g/mol. The molecule has 0 heterocycles. The summed E-state index contributed by atoms with van der Waals surface area (Å²) in [5, 5.41) is 0. The highest BCUT2D eigenvalue weighted by molar-refractivity contribution is 5.88. The summed E-state index contributed by atoms with van der Waals surface area (Å²) < 4.78 is 10.6. The first-order valence-corrected chi connectivity index (χ1v) is 9.80. The first-order valence-electron chi connectivity index (χ1n) is 9.80. The van der Waals surface area contributed by atoms with Gasteiger partial charge in [0.15, 0.2) is 0 Å². The standard InChI is InChI=1S/C25H24N2O4/c1-17(16-25(29)31-23-13-9-21(27)10-14-23)19-5-2-18(3-6-19)4-15-24(28)30-22-11-7-20(26)8-12-22/h2-15,17H,16,26-27H2,1H3/b15-4+. The Kier molecular flexibility index (Phi) is 7.06. The number of nitrogen functional groups attached to an aromatic ring is 2. The second kappa shape index (κ2) is 10.1. The van der Waals surface area contributed by atoms with Crippen molar-refractivity contribution in [2.24, 2.45) is 0 Å². The molecule has 6 heteroatoms. The fourth-order valence-corrected chi connectivity index (χ4v) is 2.86. The number of benzene rings is 3. The molecule has 1 atom stereocenters. The van der Waals surface area contributed by atoms with Crippen LogP contribution >= 0.6 is 0 Å². The van der Waals surface area contributed by atoms with Crippen molar-refractivity contribution < 1.29 is 19.1 Å². The van der Waals surface area contributed by atoms with Crippen LogP contribution in [0.3, 0.4) is 0 Å². The summed E-state index contributed by atoms with van der Waals surface area (Å²) in [6, 6.07) is 20.9. The molecule has 0 spiro atoms. The van der Waals surface area contributed by atoms with Crippen LogP contribution in [0.25, 0.3) is 6.08 Å². The van der Waals surface area contributed by atoms with E-state index in [1.807, 2.05) is 31.2 Å². The summed E-state index contributed by atoms with van der Waals surface area (Å²) in [5.41, 5.74) is 14.3. The molecule has 158 valence electrons. The normalized spacial score (nSPS) is 11.8. The summed E-state index contributed by atoms with van der Waals surface area (Å²) in [6.07, 6.45) is 3.27. The summed E-state index contributed by atoms with van der Waals surface area (Å²) in [4.78, 5) is 24.1. The Labute approximate surface area is 181 Å². The number of hydrogen-bond acceptors (Lipinski definition) is 6. The van der Waals surface area contributed by atoms with Gasteiger partial charge in [-0.2, -0.15) is 0 Å². The molecule has 0 amide bonds. The topological polar surface area (TPSA) is 105 Å². The van der Waals surface area contributed by atoms with E-state index in [0.29, 0.717) is 22.9 Å². The third-order valence-corrected chi connectivity index (χ3v) is 4.60. The van der Waals surface area contributed by atoms with Crippen LogP contribution in [0.5, 0.6) is 11.5 Å². The Morgan fingerprint density at radius 3 is 1.87 bits per heavy atom. The van der Waals surface area contributed by atoms with Crippen LogP contribution in [0.1, 0.15) is 30.4 Å². The minimum absolute atomic E-state index is 0.0187. The maximum atomic E-state index is 12.2. The molecule has 0 aliphatic heterocycles. The van der Waals surface area contributed by atoms with Gasteiger partial charge in [-0.05, 0) is 71.7 Å². The van der Waals surface area contributed by atoms with Gasteiger partial charge in [0.05, 0.1) is 6.42 Å².